The highest BCUT2D eigenvalue weighted by Gasteiger charge is 2.29. The van der Waals surface area contributed by atoms with Crippen molar-refractivity contribution in [2.24, 2.45) is 0 Å². The molecule has 0 radical (unpaired) electrons. The molecule has 6 nitrogen and oxygen atoms in total. The maximum atomic E-state index is 12.1. The zero-order chi connectivity index (χ0) is 20.4. The molecule has 1 aliphatic carbocycles. The second-order valence-corrected chi connectivity index (χ2v) is 8.88. The monoisotopic (exact) mass is 474 g/mol. The maximum absolute atomic E-state index is 12.1. The predicted octanol–water partition coefficient (Wildman–Crippen LogP) is 3.84. The van der Waals surface area contributed by atoms with Crippen LogP contribution in [-0.4, -0.2) is 40.5 Å². The fourth-order valence-electron chi connectivity index (χ4n) is 3.55. The van der Waals surface area contributed by atoms with Gasteiger partial charge in [0.05, 0.1) is 5.69 Å². The number of thiazole rings is 1. The fourth-order valence-corrected chi connectivity index (χ4v) is 4.60. The van der Waals surface area contributed by atoms with Crippen LogP contribution >= 0.6 is 27.3 Å². The van der Waals surface area contributed by atoms with Crippen molar-refractivity contribution < 1.29 is 19.7 Å². The van der Waals surface area contributed by atoms with Crippen molar-refractivity contribution in [3.63, 3.8) is 0 Å². The molecule has 2 atom stereocenters. The van der Waals surface area contributed by atoms with Gasteiger partial charge in [-0.25, -0.2) is 9.78 Å². The zero-order valence-electron chi connectivity index (χ0n) is 15.3. The average Bonchev–Trinajstić information content (AvgIpc) is 3.31. The van der Waals surface area contributed by atoms with E-state index in [1.165, 1.54) is 11.3 Å². The molecule has 0 spiro atoms. The Bertz CT molecular complexity index is 980. The smallest absolute Gasteiger partial charge is 0.407 e. The van der Waals surface area contributed by atoms with E-state index < -0.39 is 18.3 Å². The Labute approximate surface area is 180 Å². The number of carbonyl (C=O) groups excluding carboxylic acids is 1. The van der Waals surface area contributed by atoms with E-state index in [4.69, 9.17) is 4.74 Å². The van der Waals surface area contributed by atoms with Crippen LogP contribution in [0.2, 0.25) is 0 Å². The van der Waals surface area contributed by atoms with Crippen LogP contribution in [0, 0.1) is 0 Å². The normalized spacial score (nSPS) is 14.7. The highest BCUT2D eigenvalue weighted by Crippen LogP contribution is 2.44. The number of aliphatic hydroxyl groups is 2. The third-order valence-electron chi connectivity index (χ3n) is 4.96. The SMILES string of the molecule is O=C(NCC(O)C(O)c1csc(Br)n1)OCC1c2ccccc2-c2ccccc21. The summed E-state index contributed by atoms with van der Waals surface area (Å²) >= 11 is 4.52. The quantitative estimate of drug-likeness (QED) is 0.504. The molecule has 3 N–H and O–H groups in total. The Morgan fingerprint density at radius 3 is 2.34 bits per heavy atom. The summed E-state index contributed by atoms with van der Waals surface area (Å²) in [7, 11) is 0. The lowest BCUT2D eigenvalue weighted by Gasteiger charge is -2.18. The van der Waals surface area contributed by atoms with Gasteiger partial charge in [-0.15, -0.1) is 11.3 Å². The third-order valence-corrected chi connectivity index (χ3v) is 6.34. The lowest BCUT2D eigenvalue weighted by atomic mass is 9.98. The minimum absolute atomic E-state index is 0.0315. The number of nitrogens with one attached hydrogen (secondary N) is 1. The van der Waals surface area contributed by atoms with Gasteiger partial charge in [0.1, 0.15) is 18.8 Å². The van der Waals surface area contributed by atoms with E-state index in [1.807, 2.05) is 36.4 Å². The second-order valence-electron chi connectivity index (χ2n) is 6.74. The molecule has 0 aliphatic heterocycles. The van der Waals surface area contributed by atoms with Gasteiger partial charge in [-0.2, -0.15) is 0 Å². The van der Waals surface area contributed by atoms with E-state index in [-0.39, 0.29) is 19.1 Å². The number of rotatable bonds is 6. The molecule has 1 aromatic heterocycles. The standard InChI is InChI=1S/C21H19BrN2O4S/c22-20-24-17(11-29-20)19(26)18(25)9-23-21(27)28-10-16-14-7-3-1-5-12(14)13-6-2-4-8-15(13)16/h1-8,11,16,18-19,25-26H,9-10H2,(H,23,27). The summed E-state index contributed by atoms with van der Waals surface area (Å²) in [5, 5.41) is 24.4. The summed E-state index contributed by atoms with van der Waals surface area (Å²) in [6.45, 7) is 0.0462. The van der Waals surface area contributed by atoms with E-state index in [2.05, 4.69) is 38.4 Å². The minimum atomic E-state index is -1.19. The van der Waals surface area contributed by atoms with Gasteiger partial charge in [-0.05, 0) is 38.2 Å². The molecule has 2 unspecified atom stereocenters. The highest BCUT2D eigenvalue weighted by atomic mass is 79.9. The predicted molar refractivity (Wildman–Crippen MR) is 114 cm³/mol. The van der Waals surface area contributed by atoms with Gasteiger partial charge in [0.25, 0.3) is 0 Å². The topological polar surface area (TPSA) is 91.7 Å². The molecule has 1 aliphatic rings. The van der Waals surface area contributed by atoms with E-state index in [9.17, 15) is 15.0 Å². The van der Waals surface area contributed by atoms with Crippen LogP contribution in [0.3, 0.4) is 0 Å². The number of ether oxygens (including phenoxy) is 1. The summed E-state index contributed by atoms with van der Waals surface area (Å²) < 4.78 is 6.03. The molecule has 0 fully saturated rings. The van der Waals surface area contributed by atoms with Gasteiger partial charge in [-0.1, -0.05) is 48.5 Å². The number of alkyl carbamates (subject to hydrolysis) is 1. The zero-order valence-corrected chi connectivity index (χ0v) is 17.7. The van der Waals surface area contributed by atoms with Crippen LogP contribution in [0.5, 0.6) is 0 Å². The Balaban J connectivity index is 1.34. The van der Waals surface area contributed by atoms with Crippen molar-refractivity contribution in [3.05, 3.63) is 74.6 Å². The molecule has 3 aromatic rings. The van der Waals surface area contributed by atoms with Gasteiger partial charge in [-0.3, -0.25) is 0 Å². The molecule has 4 rings (SSSR count). The minimum Gasteiger partial charge on any atom is -0.449 e. The molecular formula is C21H19BrN2O4S. The molecule has 2 aromatic carbocycles. The van der Waals surface area contributed by atoms with Crippen molar-refractivity contribution in [2.45, 2.75) is 18.1 Å². The Morgan fingerprint density at radius 1 is 1.14 bits per heavy atom. The number of aliphatic hydroxyl groups excluding tert-OH is 2. The van der Waals surface area contributed by atoms with Crippen LogP contribution in [0.1, 0.15) is 28.8 Å². The van der Waals surface area contributed by atoms with Gasteiger partial charge in [0.2, 0.25) is 0 Å². The first-order valence-electron chi connectivity index (χ1n) is 9.10. The molecule has 0 bridgehead atoms. The molecular weight excluding hydrogens is 456 g/mol. The average molecular weight is 475 g/mol. The summed E-state index contributed by atoms with van der Waals surface area (Å²) in [4.78, 5) is 16.2. The van der Waals surface area contributed by atoms with Crippen LogP contribution in [0.25, 0.3) is 11.1 Å². The Hall–Kier alpha value is -2.26. The molecule has 8 heteroatoms. The van der Waals surface area contributed by atoms with Crippen LogP contribution in [0.4, 0.5) is 4.79 Å². The lowest BCUT2D eigenvalue weighted by molar-refractivity contribution is 0.0163. The molecule has 1 heterocycles. The molecule has 150 valence electrons. The first-order chi connectivity index (χ1) is 14.0. The maximum Gasteiger partial charge on any atom is 0.407 e. The Kier molecular flexibility index (Phi) is 5.96. The highest BCUT2D eigenvalue weighted by molar-refractivity contribution is 9.11. The summed E-state index contributed by atoms with van der Waals surface area (Å²) in [6, 6.07) is 16.2. The molecule has 0 saturated heterocycles. The van der Waals surface area contributed by atoms with E-state index in [1.54, 1.807) is 5.38 Å². The summed E-state index contributed by atoms with van der Waals surface area (Å²) in [5.41, 5.74) is 4.93. The van der Waals surface area contributed by atoms with E-state index in [0.717, 1.165) is 22.3 Å². The molecule has 0 saturated carbocycles. The first kappa shape index (κ1) is 20.0. The summed E-state index contributed by atoms with van der Waals surface area (Å²) in [6.07, 6.45) is -3.02. The lowest BCUT2D eigenvalue weighted by Crippen LogP contribution is -2.36. The number of hydrogen-bond acceptors (Lipinski definition) is 6. The van der Waals surface area contributed by atoms with E-state index in [0.29, 0.717) is 9.61 Å². The number of halogens is 1. The van der Waals surface area contributed by atoms with Crippen molar-refractivity contribution in [3.8, 4) is 11.1 Å². The van der Waals surface area contributed by atoms with E-state index >= 15 is 0 Å². The number of benzene rings is 2. The number of hydrogen-bond donors (Lipinski definition) is 3. The van der Waals surface area contributed by atoms with Gasteiger partial charge >= 0.3 is 6.09 Å². The summed E-state index contributed by atoms with van der Waals surface area (Å²) in [5.74, 6) is -0.0315. The third kappa shape index (κ3) is 4.20. The van der Waals surface area contributed by atoms with Gasteiger partial charge in [0.15, 0.2) is 3.92 Å². The van der Waals surface area contributed by atoms with Crippen molar-refractivity contribution in [1.29, 1.82) is 0 Å². The van der Waals surface area contributed by atoms with Crippen molar-refractivity contribution in [1.82, 2.24) is 10.3 Å². The molecule has 29 heavy (non-hydrogen) atoms. The van der Waals surface area contributed by atoms with Gasteiger partial charge < -0.3 is 20.3 Å². The number of amides is 1. The van der Waals surface area contributed by atoms with Crippen molar-refractivity contribution >= 4 is 33.4 Å². The fraction of sp³-hybridized carbons (Fsp3) is 0.238. The van der Waals surface area contributed by atoms with Gasteiger partial charge in [0, 0.05) is 17.8 Å². The molecule has 1 amide bonds. The largest absolute Gasteiger partial charge is 0.449 e. The van der Waals surface area contributed by atoms with Crippen LogP contribution < -0.4 is 5.32 Å². The number of nitrogens with zero attached hydrogens (tertiary/aromatic N) is 1. The number of aromatic nitrogens is 1. The van der Waals surface area contributed by atoms with Crippen LogP contribution in [0.15, 0.2) is 57.8 Å². The first-order valence-corrected chi connectivity index (χ1v) is 10.8. The second kappa shape index (κ2) is 8.62. The van der Waals surface area contributed by atoms with Crippen LogP contribution in [-0.2, 0) is 4.74 Å². The Morgan fingerprint density at radius 2 is 1.76 bits per heavy atom. The number of carbonyl (C=O) groups is 1. The number of fused-ring (bicyclic) bond motifs is 3. The van der Waals surface area contributed by atoms with Crippen molar-refractivity contribution in [2.75, 3.05) is 13.2 Å².